The molecule has 1 saturated heterocycles. The minimum atomic E-state index is -4.63. The number of rotatable bonds is 6. The number of urea groups is 1. The van der Waals surface area contributed by atoms with Gasteiger partial charge in [0.2, 0.25) is 0 Å². The lowest BCUT2D eigenvalue weighted by Crippen LogP contribution is -2.50. The molecule has 2 aliphatic rings. The zero-order valence-corrected chi connectivity index (χ0v) is 23.0. The van der Waals surface area contributed by atoms with Gasteiger partial charge in [-0.25, -0.2) is 14.0 Å². The smallest absolute Gasteiger partial charge is 0.347 e. The lowest BCUT2D eigenvalue weighted by Gasteiger charge is -2.33. The number of likely N-dealkylation sites (tertiary alicyclic amines) is 1. The highest BCUT2D eigenvalue weighted by Gasteiger charge is 2.33. The van der Waals surface area contributed by atoms with Gasteiger partial charge >= 0.3 is 17.9 Å². The number of hydrogen-bond donors (Lipinski definition) is 2. The Bertz CT molecular complexity index is 1640. The van der Waals surface area contributed by atoms with Crippen molar-refractivity contribution in [2.45, 2.75) is 64.3 Å². The number of aromatic nitrogens is 3. The summed E-state index contributed by atoms with van der Waals surface area (Å²) in [6.07, 6.45) is -0.912. The summed E-state index contributed by atoms with van der Waals surface area (Å²) in [5, 5.41) is 5.32. The van der Waals surface area contributed by atoms with Gasteiger partial charge in [-0.3, -0.25) is 23.7 Å². The van der Waals surface area contributed by atoms with E-state index in [4.69, 9.17) is 0 Å². The number of anilines is 1. The van der Waals surface area contributed by atoms with E-state index < -0.39 is 46.9 Å². The van der Waals surface area contributed by atoms with Crippen molar-refractivity contribution >= 4 is 28.5 Å². The number of fused-ring (bicyclic) bond motifs is 1. The second-order valence-electron chi connectivity index (χ2n) is 11.1. The molecule has 0 spiro atoms. The number of carbonyl (C=O) groups excluding carboxylic acids is 2. The molecule has 42 heavy (non-hydrogen) atoms. The van der Waals surface area contributed by atoms with Crippen molar-refractivity contribution in [3.63, 3.8) is 0 Å². The third-order valence-electron chi connectivity index (χ3n) is 7.51. The zero-order chi connectivity index (χ0) is 30.3. The summed E-state index contributed by atoms with van der Waals surface area (Å²) in [7, 11) is 0. The average molecular weight is 591 g/mol. The molecule has 3 heterocycles. The summed E-state index contributed by atoms with van der Waals surface area (Å²) in [5.74, 6) is -1.21. The quantitative estimate of drug-likeness (QED) is 0.419. The van der Waals surface area contributed by atoms with Crippen molar-refractivity contribution in [2.75, 3.05) is 18.4 Å². The second kappa shape index (κ2) is 11.2. The maximum Gasteiger partial charge on any atom is 0.433 e. The Labute approximate surface area is 237 Å². The van der Waals surface area contributed by atoms with Crippen LogP contribution in [0.15, 0.2) is 40.1 Å². The van der Waals surface area contributed by atoms with Crippen molar-refractivity contribution in [3.05, 3.63) is 68.4 Å². The third-order valence-corrected chi connectivity index (χ3v) is 7.51. The number of nitrogens with zero attached hydrogens (tertiary/aromatic N) is 4. The fourth-order valence-electron chi connectivity index (χ4n) is 5.15. The van der Waals surface area contributed by atoms with Crippen LogP contribution in [-0.2, 0) is 12.7 Å². The van der Waals surface area contributed by atoms with Gasteiger partial charge < -0.3 is 15.5 Å². The summed E-state index contributed by atoms with van der Waals surface area (Å²) in [6, 6.07) is 2.56. The monoisotopic (exact) mass is 590 g/mol. The minimum Gasteiger partial charge on any atom is -0.347 e. The third kappa shape index (κ3) is 6.02. The number of pyridine rings is 1. The molecule has 10 nitrogen and oxygen atoms in total. The fraction of sp³-hybridized carbons (Fsp3) is 0.464. The number of piperidine rings is 1. The molecule has 14 heteroatoms. The average Bonchev–Trinajstić information content (AvgIpc) is 3.76. The standard InChI is InChI=1S/C28H30F4N6O4/c1-15(2)38-22-11-20(29)21(10-19(22)25(40)37(27(38)42)13-16-5-6-16)35-26(41)36-9-3-4-18(14-36)34-24(39)17-7-8-23(33-12-17)28(30,31)32/h7-8,10-12,15-16,18H,3-6,9,13-14H2,1-2H3,(H,34,39)(H,35,41)/t18-/m1/s1. The van der Waals surface area contributed by atoms with E-state index in [1.165, 1.54) is 20.1 Å². The molecule has 1 aliphatic carbocycles. The van der Waals surface area contributed by atoms with Gasteiger partial charge in [-0.05, 0) is 63.6 Å². The Kier molecular flexibility index (Phi) is 7.82. The molecular formula is C28H30F4N6O4. The van der Waals surface area contributed by atoms with E-state index in [2.05, 4.69) is 15.6 Å². The molecule has 0 radical (unpaired) electrons. The highest BCUT2D eigenvalue weighted by atomic mass is 19.4. The van der Waals surface area contributed by atoms with Gasteiger partial charge in [-0.2, -0.15) is 13.2 Å². The highest BCUT2D eigenvalue weighted by Crippen LogP contribution is 2.30. The van der Waals surface area contributed by atoms with Gasteiger partial charge in [0.1, 0.15) is 11.5 Å². The van der Waals surface area contributed by atoms with Crippen LogP contribution in [-0.4, -0.2) is 50.1 Å². The van der Waals surface area contributed by atoms with E-state index in [-0.39, 0.29) is 47.2 Å². The zero-order valence-electron chi connectivity index (χ0n) is 23.0. The number of benzene rings is 1. The van der Waals surface area contributed by atoms with E-state index in [1.54, 1.807) is 13.8 Å². The normalized spacial score (nSPS) is 17.5. The van der Waals surface area contributed by atoms with Gasteiger partial charge in [0, 0.05) is 44.0 Å². The number of hydrogen-bond acceptors (Lipinski definition) is 5. The Morgan fingerprint density at radius 1 is 1.12 bits per heavy atom. The van der Waals surface area contributed by atoms with Crippen LogP contribution in [0.4, 0.5) is 28.0 Å². The largest absolute Gasteiger partial charge is 0.433 e. The first-order valence-electron chi connectivity index (χ1n) is 13.7. The topological polar surface area (TPSA) is 118 Å². The number of nitrogens with one attached hydrogen (secondary N) is 2. The predicted molar refractivity (Wildman–Crippen MR) is 146 cm³/mol. The molecule has 1 aromatic carbocycles. The summed E-state index contributed by atoms with van der Waals surface area (Å²) in [5.41, 5.74) is -2.31. The fourth-order valence-corrected chi connectivity index (χ4v) is 5.15. The lowest BCUT2D eigenvalue weighted by atomic mass is 10.1. The predicted octanol–water partition coefficient (Wildman–Crippen LogP) is 4.13. The van der Waals surface area contributed by atoms with Crippen molar-refractivity contribution < 1.29 is 27.2 Å². The first-order valence-corrected chi connectivity index (χ1v) is 13.7. The molecule has 2 fully saturated rings. The number of carbonyl (C=O) groups is 2. The molecule has 2 aromatic heterocycles. The minimum absolute atomic E-state index is 0.0602. The van der Waals surface area contributed by atoms with Crippen molar-refractivity contribution in [2.24, 2.45) is 5.92 Å². The molecule has 1 saturated carbocycles. The van der Waals surface area contributed by atoms with E-state index in [0.29, 0.717) is 19.4 Å². The Balaban J connectivity index is 1.32. The summed E-state index contributed by atoms with van der Waals surface area (Å²) in [4.78, 5) is 56.7. The van der Waals surface area contributed by atoms with Crippen LogP contribution in [0.3, 0.4) is 0 Å². The molecule has 5 rings (SSSR count). The summed E-state index contributed by atoms with van der Waals surface area (Å²) >= 11 is 0. The van der Waals surface area contributed by atoms with Crippen LogP contribution in [0.1, 0.15) is 61.6 Å². The van der Waals surface area contributed by atoms with E-state index >= 15 is 4.39 Å². The van der Waals surface area contributed by atoms with Gasteiger partial charge in [0.15, 0.2) is 0 Å². The maximum atomic E-state index is 15.2. The first kappa shape index (κ1) is 29.3. The highest BCUT2D eigenvalue weighted by molar-refractivity contribution is 5.95. The van der Waals surface area contributed by atoms with Crippen LogP contribution in [0, 0.1) is 11.7 Å². The first-order chi connectivity index (χ1) is 19.8. The van der Waals surface area contributed by atoms with E-state index in [1.807, 2.05) is 0 Å². The lowest BCUT2D eigenvalue weighted by molar-refractivity contribution is -0.141. The molecule has 0 bridgehead atoms. The van der Waals surface area contributed by atoms with Gasteiger partial charge in [-0.15, -0.1) is 0 Å². The van der Waals surface area contributed by atoms with Crippen LogP contribution in [0.5, 0.6) is 0 Å². The van der Waals surface area contributed by atoms with Crippen LogP contribution in [0.2, 0.25) is 0 Å². The Hall–Kier alpha value is -4.23. The SMILES string of the molecule is CC(C)n1c(=O)n(CC2CC2)c(=O)c2cc(NC(=O)N3CCC[C@@H](NC(=O)c4ccc(C(F)(F)F)nc4)C3)c(F)cc21. The Morgan fingerprint density at radius 3 is 2.48 bits per heavy atom. The van der Waals surface area contributed by atoms with Crippen LogP contribution in [0.25, 0.3) is 10.9 Å². The van der Waals surface area contributed by atoms with Gasteiger partial charge in [-0.1, -0.05) is 0 Å². The number of halogens is 4. The second-order valence-corrected chi connectivity index (χ2v) is 11.1. The maximum absolute atomic E-state index is 15.2. The van der Waals surface area contributed by atoms with Gasteiger partial charge in [0.05, 0.1) is 22.2 Å². The summed E-state index contributed by atoms with van der Waals surface area (Å²) < 4.78 is 56.1. The van der Waals surface area contributed by atoms with Crippen LogP contribution >= 0.6 is 0 Å². The van der Waals surface area contributed by atoms with Crippen LogP contribution < -0.4 is 21.9 Å². The molecule has 3 amide bonds. The van der Waals surface area contributed by atoms with Gasteiger partial charge in [0.25, 0.3) is 11.5 Å². The van der Waals surface area contributed by atoms with Crippen molar-refractivity contribution in [1.82, 2.24) is 24.3 Å². The molecule has 1 atom stereocenters. The number of amides is 3. The van der Waals surface area contributed by atoms with Crippen molar-refractivity contribution in [1.29, 1.82) is 0 Å². The molecule has 3 aromatic rings. The van der Waals surface area contributed by atoms with Crippen molar-refractivity contribution in [3.8, 4) is 0 Å². The molecule has 0 unspecified atom stereocenters. The molecule has 224 valence electrons. The Morgan fingerprint density at radius 2 is 1.86 bits per heavy atom. The summed E-state index contributed by atoms with van der Waals surface area (Å²) in [6.45, 7) is 4.20. The molecule has 1 aliphatic heterocycles. The number of alkyl halides is 3. The van der Waals surface area contributed by atoms with E-state index in [0.717, 1.165) is 37.2 Å². The molecule has 2 N–H and O–H groups in total. The van der Waals surface area contributed by atoms with E-state index in [9.17, 15) is 32.3 Å². The molecular weight excluding hydrogens is 560 g/mol.